The van der Waals surface area contributed by atoms with E-state index >= 15 is 0 Å². The molecule has 0 saturated carbocycles. The van der Waals surface area contributed by atoms with Gasteiger partial charge in [0.25, 0.3) is 0 Å². The van der Waals surface area contributed by atoms with Gasteiger partial charge in [0.2, 0.25) is 11.6 Å². The Kier molecular flexibility index (Phi) is 3.88. The second-order valence-corrected chi connectivity index (χ2v) is 7.35. The summed E-state index contributed by atoms with van der Waals surface area (Å²) in [6.45, 7) is 0. The smallest absolute Gasteiger partial charge is 0.231 e. The van der Waals surface area contributed by atoms with E-state index < -0.39 is 5.72 Å². The standard InChI is InChI=1S/C18H13ClN2O3S/c19-12-5-3-11(4-6-12)13-8-16(22)21-17(14(13)9-20)25-10-18(21,23)15-2-1-7-24-15/h1-7,13,23H,8,10H2/t13-,18-/m0/s1. The molecular weight excluding hydrogens is 360 g/mol. The highest BCUT2D eigenvalue weighted by Crippen LogP contribution is 2.51. The van der Waals surface area contributed by atoms with Crippen molar-refractivity contribution in [3.63, 3.8) is 0 Å². The summed E-state index contributed by atoms with van der Waals surface area (Å²) in [7, 11) is 0. The summed E-state index contributed by atoms with van der Waals surface area (Å²) < 4.78 is 5.33. The number of amides is 1. The zero-order valence-electron chi connectivity index (χ0n) is 13.0. The second-order valence-electron chi connectivity index (χ2n) is 5.95. The molecule has 4 rings (SSSR count). The van der Waals surface area contributed by atoms with Crippen LogP contribution in [0.1, 0.15) is 23.7 Å². The van der Waals surface area contributed by atoms with E-state index in [-0.39, 0.29) is 24.0 Å². The van der Waals surface area contributed by atoms with Gasteiger partial charge in [0.1, 0.15) is 0 Å². The highest BCUT2D eigenvalue weighted by Gasteiger charge is 2.53. The lowest BCUT2D eigenvalue weighted by molar-refractivity contribution is -0.152. The van der Waals surface area contributed by atoms with E-state index in [1.165, 1.54) is 22.9 Å². The molecule has 5 nitrogen and oxygen atoms in total. The van der Waals surface area contributed by atoms with Crippen LogP contribution < -0.4 is 0 Å². The summed E-state index contributed by atoms with van der Waals surface area (Å²) >= 11 is 7.23. The number of allylic oxidation sites excluding steroid dienone is 1. The second kappa shape index (κ2) is 5.95. The zero-order chi connectivity index (χ0) is 17.6. The van der Waals surface area contributed by atoms with Gasteiger partial charge in [0.15, 0.2) is 5.76 Å². The Morgan fingerprint density at radius 2 is 2.12 bits per heavy atom. The van der Waals surface area contributed by atoms with E-state index in [0.29, 0.717) is 21.4 Å². The number of halogens is 1. The molecule has 1 fully saturated rings. The molecule has 1 saturated heterocycles. The summed E-state index contributed by atoms with van der Waals surface area (Å²) in [4.78, 5) is 14.1. The van der Waals surface area contributed by atoms with Gasteiger partial charge in [0.05, 0.1) is 28.7 Å². The molecule has 0 radical (unpaired) electrons. The number of nitrogens with zero attached hydrogens (tertiary/aromatic N) is 2. The van der Waals surface area contributed by atoms with Crippen molar-refractivity contribution in [2.45, 2.75) is 18.1 Å². The number of benzene rings is 1. The van der Waals surface area contributed by atoms with Gasteiger partial charge in [-0.3, -0.25) is 9.69 Å². The topological polar surface area (TPSA) is 77.5 Å². The molecule has 2 aliphatic rings. The third-order valence-electron chi connectivity index (χ3n) is 4.50. The van der Waals surface area contributed by atoms with Gasteiger partial charge in [-0.25, -0.2) is 0 Å². The Labute approximate surface area is 153 Å². The van der Waals surface area contributed by atoms with Crippen LogP contribution in [0.2, 0.25) is 5.02 Å². The fourth-order valence-electron chi connectivity index (χ4n) is 3.29. The molecule has 1 N–H and O–H groups in total. The van der Waals surface area contributed by atoms with Gasteiger partial charge in [-0.1, -0.05) is 23.7 Å². The molecular formula is C18H13ClN2O3S. The van der Waals surface area contributed by atoms with Crippen molar-refractivity contribution in [1.29, 1.82) is 5.26 Å². The molecule has 7 heteroatoms. The number of thioether (sulfide) groups is 1. The molecule has 25 heavy (non-hydrogen) atoms. The maximum Gasteiger partial charge on any atom is 0.231 e. The summed E-state index contributed by atoms with van der Waals surface area (Å²) in [6, 6.07) is 12.7. The van der Waals surface area contributed by atoms with E-state index in [2.05, 4.69) is 6.07 Å². The monoisotopic (exact) mass is 372 g/mol. The van der Waals surface area contributed by atoms with Crippen molar-refractivity contribution < 1.29 is 14.3 Å². The number of carbonyl (C=O) groups excluding carboxylic acids is 1. The molecule has 1 aromatic carbocycles. The van der Waals surface area contributed by atoms with Crippen LogP contribution in [0.5, 0.6) is 0 Å². The minimum absolute atomic E-state index is 0.109. The maximum absolute atomic E-state index is 12.8. The van der Waals surface area contributed by atoms with Crippen LogP contribution in [-0.2, 0) is 10.5 Å². The van der Waals surface area contributed by atoms with E-state index in [1.807, 2.05) is 12.1 Å². The average molecular weight is 373 g/mol. The molecule has 2 aliphatic heterocycles. The Morgan fingerprint density at radius 3 is 2.76 bits per heavy atom. The molecule has 0 bridgehead atoms. The van der Waals surface area contributed by atoms with Crippen LogP contribution in [0.4, 0.5) is 0 Å². The van der Waals surface area contributed by atoms with Crippen molar-refractivity contribution in [3.8, 4) is 6.07 Å². The molecule has 0 spiro atoms. The van der Waals surface area contributed by atoms with Crippen LogP contribution in [0.25, 0.3) is 0 Å². The summed E-state index contributed by atoms with van der Waals surface area (Å²) in [6.07, 6.45) is 1.56. The van der Waals surface area contributed by atoms with Gasteiger partial charge in [-0.2, -0.15) is 5.26 Å². The van der Waals surface area contributed by atoms with Gasteiger partial charge >= 0.3 is 0 Å². The number of fused-ring (bicyclic) bond motifs is 1. The number of rotatable bonds is 2. The highest BCUT2D eigenvalue weighted by molar-refractivity contribution is 8.03. The minimum atomic E-state index is -1.56. The summed E-state index contributed by atoms with van der Waals surface area (Å²) in [5, 5.41) is 21.9. The number of hydrogen-bond donors (Lipinski definition) is 1. The third kappa shape index (κ3) is 2.47. The molecule has 0 aliphatic carbocycles. The Hall–Kier alpha value is -2.20. The van der Waals surface area contributed by atoms with Gasteiger partial charge in [0, 0.05) is 17.4 Å². The third-order valence-corrected chi connectivity index (χ3v) is 5.97. The lowest BCUT2D eigenvalue weighted by Crippen LogP contribution is -2.48. The number of carbonyl (C=O) groups is 1. The Morgan fingerprint density at radius 1 is 1.36 bits per heavy atom. The first-order valence-corrected chi connectivity index (χ1v) is 9.03. The molecule has 0 unspecified atom stereocenters. The first kappa shape index (κ1) is 16.3. The number of aliphatic hydroxyl groups is 1. The fourth-order valence-corrected chi connectivity index (χ4v) is 4.75. The number of nitriles is 1. The van der Waals surface area contributed by atoms with Crippen molar-refractivity contribution >= 4 is 29.3 Å². The van der Waals surface area contributed by atoms with Crippen LogP contribution in [-0.4, -0.2) is 21.7 Å². The molecule has 2 atom stereocenters. The molecule has 1 amide bonds. The van der Waals surface area contributed by atoms with Gasteiger partial charge < -0.3 is 9.52 Å². The van der Waals surface area contributed by atoms with Gasteiger partial charge in [-0.05, 0) is 29.8 Å². The fraction of sp³-hybridized carbons (Fsp3) is 0.222. The molecule has 3 heterocycles. The molecule has 126 valence electrons. The summed E-state index contributed by atoms with van der Waals surface area (Å²) in [5.74, 6) is -0.0592. The van der Waals surface area contributed by atoms with E-state index in [0.717, 1.165) is 5.56 Å². The van der Waals surface area contributed by atoms with Crippen molar-refractivity contribution in [2.75, 3.05) is 5.75 Å². The first-order chi connectivity index (χ1) is 12.0. The number of furan rings is 1. The largest absolute Gasteiger partial charge is 0.464 e. The van der Waals surface area contributed by atoms with E-state index in [1.54, 1.807) is 24.3 Å². The zero-order valence-corrected chi connectivity index (χ0v) is 14.5. The van der Waals surface area contributed by atoms with E-state index in [4.69, 9.17) is 16.0 Å². The maximum atomic E-state index is 12.8. The normalized spacial score (nSPS) is 25.9. The number of hydrogen-bond acceptors (Lipinski definition) is 5. The molecule has 2 aromatic rings. The molecule has 1 aromatic heterocycles. The van der Waals surface area contributed by atoms with Crippen LogP contribution in [0.15, 0.2) is 57.7 Å². The first-order valence-electron chi connectivity index (χ1n) is 7.66. The Balaban J connectivity index is 1.81. The quantitative estimate of drug-likeness (QED) is 0.871. The lowest BCUT2D eigenvalue weighted by atomic mass is 9.86. The predicted octanol–water partition coefficient (Wildman–Crippen LogP) is 3.58. The minimum Gasteiger partial charge on any atom is -0.464 e. The lowest BCUT2D eigenvalue weighted by Gasteiger charge is -2.36. The summed E-state index contributed by atoms with van der Waals surface area (Å²) in [5.41, 5.74) is -0.224. The van der Waals surface area contributed by atoms with Crippen LogP contribution in [0.3, 0.4) is 0 Å². The van der Waals surface area contributed by atoms with Crippen molar-refractivity contribution in [1.82, 2.24) is 4.90 Å². The van der Waals surface area contributed by atoms with Crippen molar-refractivity contribution in [3.05, 3.63) is 69.6 Å². The van der Waals surface area contributed by atoms with Crippen LogP contribution in [0, 0.1) is 11.3 Å². The van der Waals surface area contributed by atoms with Gasteiger partial charge in [-0.15, -0.1) is 11.8 Å². The average Bonchev–Trinajstić information content (AvgIpc) is 3.25. The van der Waals surface area contributed by atoms with Crippen LogP contribution >= 0.6 is 23.4 Å². The highest BCUT2D eigenvalue weighted by atomic mass is 35.5. The SMILES string of the molecule is N#CC1=C2SC[C@](O)(c3ccco3)N2C(=O)C[C@H]1c1ccc(Cl)cc1. The van der Waals surface area contributed by atoms with E-state index in [9.17, 15) is 15.2 Å². The predicted molar refractivity (Wildman–Crippen MR) is 93.4 cm³/mol. The Bertz CT molecular complexity index is 901. The van der Waals surface area contributed by atoms with Crippen molar-refractivity contribution in [2.24, 2.45) is 0 Å².